The molecule has 2 amide bonds. The van der Waals surface area contributed by atoms with Crippen molar-refractivity contribution in [3.05, 3.63) is 24.3 Å². The van der Waals surface area contributed by atoms with Gasteiger partial charge in [0.05, 0.1) is 6.54 Å². The summed E-state index contributed by atoms with van der Waals surface area (Å²) in [5, 5.41) is 2.64. The summed E-state index contributed by atoms with van der Waals surface area (Å²) in [6.45, 7) is 4.63. The van der Waals surface area contributed by atoms with E-state index in [1.807, 2.05) is 16.7 Å². The highest BCUT2D eigenvalue weighted by atomic mass is 19.4. The molecule has 1 N–H and O–H groups in total. The summed E-state index contributed by atoms with van der Waals surface area (Å²) >= 11 is 0. The fourth-order valence-electron chi connectivity index (χ4n) is 2.79. The van der Waals surface area contributed by atoms with Crippen LogP contribution in [0.1, 0.15) is 26.2 Å². The second-order valence-electron chi connectivity index (χ2n) is 6.38. The van der Waals surface area contributed by atoms with Gasteiger partial charge in [-0.05, 0) is 30.7 Å². The van der Waals surface area contributed by atoms with Crippen LogP contribution in [0.3, 0.4) is 0 Å². The molecular formula is C18H24F3N3O3. The monoisotopic (exact) mass is 387 g/mol. The summed E-state index contributed by atoms with van der Waals surface area (Å²) < 4.78 is 40.2. The van der Waals surface area contributed by atoms with Crippen molar-refractivity contribution in [1.82, 2.24) is 9.80 Å². The van der Waals surface area contributed by atoms with Gasteiger partial charge in [-0.3, -0.25) is 14.5 Å². The van der Waals surface area contributed by atoms with E-state index in [0.717, 1.165) is 25.0 Å². The summed E-state index contributed by atoms with van der Waals surface area (Å²) in [5.41, 5.74) is 0.392. The molecule has 0 aromatic heterocycles. The number of alkyl halides is 3. The molecule has 1 aromatic carbocycles. The lowest BCUT2D eigenvalue weighted by atomic mass is 10.2. The first-order valence-electron chi connectivity index (χ1n) is 8.92. The zero-order valence-electron chi connectivity index (χ0n) is 15.2. The van der Waals surface area contributed by atoms with Gasteiger partial charge < -0.3 is 15.0 Å². The molecule has 1 heterocycles. The van der Waals surface area contributed by atoms with Crippen LogP contribution in [0.25, 0.3) is 0 Å². The van der Waals surface area contributed by atoms with Crippen molar-refractivity contribution in [1.29, 1.82) is 0 Å². The van der Waals surface area contributed by atoms with Crippen molar-refractivity contribution in [2.45, 2.75) is 32.5 Å². The van der Waals surface area contributed by atoms with Crippen LogP contribution >= 0.6 is 0 Å². The van der Waals surface area contributed by atoms with Gasteiger partial charge >= 0.3 is 6.36 Å². The van der Waals surface area contributed by atoms with Gasteiger partial charge in [0.1, 0.15) is 5.75 Å². The largest absolute Gasteiger partial charge is 0.573 e. The molecule has 1 aliphatic heterocycles. The van der Waals surface area contributed by atoms with Gasteiger partial charge in [0, 0.05) is 38.3 Å². The Kier molecular flexibility index (Phi) is 7.46. The Morgan fingerprint density at radius 3 is 2.30 bits per heavy atom. The second-order valence-corrected chi connectivity index (χ2v) is 6.38. The maximum Gasteiger partial charge on any atom is 0.573 e. The van der Waals surface area contributed by atoms with Crippen molar-refractivity contribution < 1.29 is 27.5 Å². The standard InChI is InChI=1S/C18H24F3N3O3/c1-2-3-4-17(26)24-11-9-23(10-12-24)13-16(25)22-14-5-7-15(8-6-14)27-18(19,20)21/h5-8H,2-4,9-13H2,1H3,(H,22,25). The number of nitrogens with zero attached hydrogens (tertiary/aromatic N) is 2. The highest BCUT2D eigenvalue weighted by Crippen LogP contribution is 2.23. The van der Waals surface area contributed by atoms with E-state index in [0.29, 0.717) is 38.3 Å². The van der Waals surface area contributed by atoms with Crippen LogP contribution in [0.2, 0.25) is 0 Å². The van der Waals surface area contributed by atoms with E-state index < -0.39 is 6.36 Å². The Labute approximate surface area is 156 Å². The van der Waals surface area contributed by atoms with Gasteiger partial charge in [-0.1, -0.05) is 13.3 Å². The molecule has 27 heavy (non-hydrogen) atoms. The maximum absolute atomic E-state index is 12.1. The molecule has 1 saturated heterocycles. The number of anilines is 1. The normalized spacial score (nSPS) is 15.5. The molecule has 2 rings (SSSR count). The van der Waals surface area contributed by atoms with Crippen molar-refractivity contribution >= 4 is 17.5 Å². The van der Waals surface area contributed by atoms with E-state index in [-0.39, 0.29) is 24.1 Å². The molecule has 0 saturated carbocycles. The lowest BCUT2D eigenvalue weighted by Crippen LogP contribution is -2.50. The lowest BCUT2D eigenvalue weighted by Gasteiger charge is -2.34. The van der Waals surface area contributed by atoms with E-state index in [2.05, 4.69) is 10.1 Å². The number of rotatable bonds is 7. The minimum absolute atomic E-state index is 0.155. The molecule has 1 aliphatic rings. The number of halogens is 3. The second kappa shape index (κ2) is 9.59. The minimum atomic E-state index is -4.75. The summed E-state index contributed by atoms with van der Waals surface area (Å²) in [6, 6.07) is 4.99. The average molecular weight is 387 g/mol. The first-order chi connectivity index (χ1) is 12.8. The van der Waals surface area contributed by atoms with Gasteiger partial charge in [-0.2, -0.15) is 0 Å². The first kappa shape index (κ1) is 21.0. The van der Waals surface area contributed by atoms with Crippen LogP contribution in [0.5, 0.6) is 5.75 Å². The molecule has 6 nitrogen and oxygen atoms in total. The number of hydrogen-bond acceptors (Lipinski definition) is 4. The molecule has 0 radical (unpaired) electrons. The number of ether oxygens (including phenoxy) is 1. The fraction of sp³-hybridized carbons (Fsp3) is 0.556. The van der Waals surface area contributed by atoms with Crippen LogP contribution in [0, 0.1) is 0 Å². The molecule has 1 aromatic rings. The Morgan fingerprint density at radius 2 is 1.74 bits per heavy atom. The maximum atomic E-state index is 12.1. The SMILES string of the molecule is CCCCC(=O)N1CCN(CC(=O)Nc2ccc(OC(F)(F)F)cc2)CC1. The van der Waals surface area contributed by atoms with Crippen molar-refractivity contribution in [3.8, 4) is 5.75 Å². The summed E-state index contributed by atoms with van der Waals surface area (Å²) in [7, 11) is 0. The van der Waals surface area contributed by atoms with Gasteiger partial charge in [0.15, 0.2) is 0 Å². The Bertz CT molecular complexity index is 627. The van der Waals surface area contributed by atoms with Crippen molar-refractivity contribution in [2.24, 2.45) is 0 Å². The molecule has 0 atom stereocenters. The zero-order valence-corrected chi connectivity index (χ0v) is 15.2. The third-order valence-electron chi connectivity index (χ3n) is 4.21. The smallest absolute Gasteiger partial charge is 0.406 e. The number of piperazine rings is 1. The Balaban J connectivity index is 1.74. The number of amides is 2. The number of carbonyl (C=O) groups is 2. The van der Waals surface area contributed by atoms with Crippen molar-refractivity contribution in [2.75, 3.05) is 38.0 Å². The predicted molar refractivity (Wildman–Crippen MR) is 94.3 cm³/mol. The molecule has 150 valence electrons. The van der Waals surface area contributed by atoms with E-state index in [1.54, 1.807) is 0 Å². The number of hydrogen-bond donors (Lipinski definition) is 1. The average Bonchev–Trinajstić information content (AvgIpc) is 2.60. The molecule has 0 spiro atoms. The first-order valence-corrected chi connectivity index (χ1v) is 8.92. The summed E-state index contributed by atoms with van der Waals surface area (Å²) in [6.07, 6.45) is -2.32. The third kappa shape index (κ3) is 7.46. The Morgan fingerprint density at radius 1 is 1.11 bits per heavy atom. The molecule has 0 bridgehead atoms. The van der Waals surface area contributed by atoms with E-state index >= 15 is 0 Å². The van der Waals surface area contributed by atoms with Gasteiger partial charge in [-0.15, -0.1) is 13.2 Å². The van der Waals surface area contributed by atoms with E-state index in [1.165, 1.54) is 12.1 Å². The van der Waals surface area contributed by atoms with E-state index in [4.69, 9.17) is 0 Å². The van der Waals surface area contributed by atoms with Crippen LogP contribution in [-0.2, 0) is 9.59 Å². The Hall–Kier alpha value is -2.29. The molecule has 9 heteroatoms. The molecule has 0 unspecified atom stereocenters. The number of nitrogens with one attached hydrogen (secondary N) is 1. The summed E-state index contributed by atoms with van der Waals surface area (Å²) in [5.74, 6) is -0.447. The predicted octanol–water partition coefficient (Wildman–Crippen LogP) is 2.86. The third-order valence-corrected chi connectivity index (χ3v) is 4.21. The van der Waals surface area contributed by atoms with Crippen LogP contribution in [0.4, 0.5) is 18.9 Å². The van der Waals surface area contributed by atoms with Crippen LogP contribution in [0.15, 0.2) is 24.3 Å². The minimum Gasteiger partial charge on any atom is -0.406 e. The molecule has 0 aliphatic carbocycles. The topological polar surface area (TPSA) is 61.9 Å². The van der Waals surface area contributed by atoms with Gasteiger partial charge in [0.25, 0.3) is 0 Å². The zero-order chi connectivity index (χ0) is 19.9. The fourth-order valence-corrected chi connectivity index (χ4v) is 2.79. The van der Waals surface area contributed by atoms with E-state index in [9.17, 15) is 22.8 Å². The van der Waals surface area contributed by atoms with Gasteiger partial charge in [-0.25, -0.2) is 0 Å². The summed E-state index contributed by atoms with van der Waals surface area (Å²) in [4.78, 5) is 27.9. The lowest BCUT2D eigenvalue weighted by molar-refractivity contribution is -0.274. The van der Waals surface area contributed by atoms with Crippen LogP contribution in [-0.4, -0.2) is 60.7 Å². The van der Waals surface area contributed by atoms with Crippen LogP contribution < -0.4 is 10.1 Å². The molecular weight excluding hydrogens is 363 g/mol. The quantitative estimate of drug-likeness (QED) is 0.782. The highest BCUT2D eigenvalue weighted by Gasteiger charge is 2.31. The molecule has 1 fully saturated rings. The van der Waals surface area contributed by atoms with Gasteiger partial charge in [0.2, 0.25) is 11.8 Å². The van der Waals surface area contributed by atoms with Crippen molar-refractivity contribution in [3.63, 3.8) is 0 Å². The highest BCUT2D eigenvalue weighted by molar-refractivity contribution is 5.92. The number of unbranched alkanes of at least 4 members (excludes halogenated alkanes) is 1. The number of carbonyl (C=O) groups excluding carboxylic acids is 2. The number of benzene rings is 1.